The van der Waals surface area contributed by atoms with Gasteiger partial charge >= 0.3 is 0 Å². The lowest BCUT2D eigenvalue weighted by atomic mass is 10.2. The Kier molecular flexibility index (Phi) is 5.30. The van der Waals surface area contributed by atoms with Gasteiger partial charge in [-0.2, -0.15) is 5.26 Å². The van der Waals surface area contributed by atoms with Crippen LogP contribution in [0.1, 0.15) is 19.4 Å². The molecule has 0 amide bonds. The van der Waals surface area contributed by atoms with Crippen LogP contribution >= 0.6 is 15.9 Å². The van der Waals surface area contributed by atoms with Gasteiger partial charge in [0.15, 0.2) is 0 Å². The summed E-state index contributed by atoms with van der Waals surface area (Å²) < 4.78 is 6.22. The minimum Gasteiger partial charge on any atom is -0.382 e. The summed E-state index contributed by atoms with van der Waals surface area (Å²) in [7, 11) is 0. The van der Waals surface area contributed by atoms with Gasteiger partial charge in [0.1, 0.15) is 6.07 Å². The van der Waals surface area contributed by atoms with Crippen LogP contribution in [0, 0.1) is 11.3 Å². The summed E-state index contributed by atoms with van der Waals surface area (Å²) in [6.45, 7) is 5.33. The highest BCUT2D eigenvalue weighted by molar-refractivity contribution is 9.10. The SMILES string of the molecule is CC(C)OCCNc1cccc(Br)c1C#N. The molecule has 0 aromatic heterocycles. The summed E-state index contributed by atoms with van der Waals surface area (Å²) in [5, 5.41) is 12.2. The summed E-state index contributed by atoms with van der Waals surface area (Å²) in [5.41, 5.74) is 1.47. The van der Waals surface area contributed by atoms with Crippen LogP contribution in [0.5, 0.6) is 0 Å². The Hall–Kier alpha value is -1.05. The number of rotatable bonds is 5. The van der Waals surface area contributed by atoms with Gasteiger partial charge < -0.3 is 10.1 Å². The average molecular weight is 283 g/mol. The molecule has 1 rings (SSSR count). The van der Waals surface area contributed by atoms with Crippen molar-refractivity contribution in [1.29, 1.82) is 5.26 Å². The second kappa shape index (κ2) is 6.51. The molecule has 0 bridgehead atoms. The van der Waals surface area contributed by atoms with Crippen LogP contribution in [0.25, 0.3) is 0 Å². The minimum absolute atomic E-state index is 0.236. The van der Waals surface area contributed by atoms with Crippen molar-refractivity contribution in [2.24, 2.45) is 0 Å². The molecule has 1 N–H and O–H groups in total. The van der Waals surface area contributed by atoms with Crippen molar-refractivity contribution in [3.63, 3.8) is 0 Å². The molecule has 0 radical (unpaired) electrons. The molecule has 0 saturated heterocycles. The lowest BCUT2D eigenvalue weighted by molar-refractivity contribution is 0.0870. The lowest BCUT2D eigenvalue weighted by Crippen LogP contribution is -2.13. The number of halogens is 1. The number of hydrogen-bond donors (Lipinski definition) is 1. The highest BCUT2D eigenvalue weighted by Gasteiger charge is 2.04. The first kappa shape index (κ1) is 13.0. The van der Waals surface area contributed by atoms with Crippen molar-refractivity contribution in [1.82, 2.24) is 0 Å². The van der Waals surface area contributed by atoms with Crippen LogP contribution in [0.3, 0.4) is 0 Å². The summed E-state index contributed by atoms with van der Waals surface area (Å²) in [6.07, 6.45) is 0.236. The molecule has 86 valence electrons. The minimum atomic E-state index is 0.236. The molecule has 0 saturated carbocycles. The monoisotopic (exact) mass is 282 g/mol. The van der Waals surface area contributed by atoms with Gasteiger partial charge in [0.2, 0.25) is 0 Å². The maximum Gasteiger partial charge on any atom is 0.103 e. The van der Waals surface area contributed by atoms with Crippen LogP contribution in [0.15, 0.2) is 22.7 Å². The Balaban J connectivity index is 2.54. The molecule has 0 unspecified atom stereocenters. The first-order valence-electron chi connectivity index (χ1n) is 5.19. The normalized spacial score (nSPS) is 10.2. The van der Waals surface area contributed by atoms with Gasteiger partial charge in [-0.1, -0.05) is 6.07 Å². The van der Waals surface area contributed by atoms with E-state index in [1.807, 2.05) is 32.0 Å². The standard InChI is InChI=1S/C12H15BrN2O/c1-9(2)16-7-6-15-12-5-3-4-11(13)10(12)8-14/h3-5,9,15H,6-7H2,1-2H3. The molecule has 0 fully saturated rings. The van der Waals surface area contributed by atoms with Gasteiger partial charge in [-0.15, -0.1) is 0 Å². The van der Waals surface area contributed by atoms with Gasteiger partial charge in [0, 0.05) is 11.0 Å². The first-order valence-corrected chi connectivity index (χ1v) is 5.98. The largest absolute Gasteiger partial charge is 0.382 e. The van der Waals surface area contributed by atoms with Crippen LogP contribution in [0.2, 0.25) is 0 Å². The molecular formula is C12H15BrN2O. The van der Waals surface area contributed by atoms with E-state index < -0.39 is 0 Å². The molecule has 0 aliphatic carbocycles. The van der Waals surface area contributed by atoms with E-state index in [9.17, 15) is 0 Å². The fourth-order valence-corrected chi connectivity index (χ4v) is 1.72. The van der Waals surface area contributed by atoms with E-state index in [1.165, 1.54) is 0 Å². The predicted molar refractivity (Wildman–Crippen MR) is 68.4 cm³/mol. The van der Waals surface area contributed by atoms with Gasteiger partial charge in [0.25, 0.3) is 0 Å². The van der Waals surface area contributed by atoms with Crippen molar-refractivity contribution < 1.29 is 4.74 Å². The van der Waals surface area contributed by atoms with Crippen molar-refractivity contribution >= 4 is 21.6 Å². The summed E-state index contributed by atoms with van der Waals surface area (Å²) in [5.74, 6) is 0. The molecule has 1 aromatic rings. The number of ether oxygens (including phenoxy) is 1. The second-order valence-corrected chi connectivity index (χ2v) is 4.47. The van der Waals surface area contributed by atoms with Crippen molar-refractivity contribution in [3.05, 3.63) is 28.2 Å². The van der Waals surface area contributed by atoms with Gasteiger partial charge in [-0.05, 0) is 41.9 Å². The lowest BCUT2D eigenvalue weighted by Gasteiger charge is -2.11. The van der Waals surface area contributed by atoms with Crippen LogP contribution in [-0.4, -0.2) is 19.3 Å². The third kappa shape index (κ3) is 3.84. The summed E-state index contributed by atoms with van der Waals surface area (Å²) in [6, 6.07) is 7.81. The molecule has 4 heteroatoms. The number of hydrogen-bond acceptors (Lipinski definition) is 3. The fourth-order valence-electron chi connectivity index (χ4n) is 1.27. The number of benzene rings is 1. The molecule has 1 aromatic carbocycles. The Labute approximate surface area is 105 Å². The van der Waals surface area contributed by atoms with Crippen molar-refractivity contribution in [2.45, 2.75) is 20.0 Å². The maximum atomic E-state index is 8.99. The third-order valence-electron chi connectivity index (χ3n) is 1.99. The maximum absolute atomic E-state index is 8.99. The molecule has 16 heavy (non-hydrogen) atoms. The highest BCUT2D eigenvalue weighted by atomic mass is 79.9. The molecule has 0 atom stereocenters. The average Bonchev–Trinajstić information content (AvgIpc) is 2.24. The predicted octanol–water partition coefficient (Wildman–Crippen LogP) is 3.16. The van der Waals surface area contributed by atoms with E-state index in [0.717, 1.165) is 10.2 Å². The number of nitriles is 1. The van der Waals surface area contributed by atoms with Gasteiger partial charge in [-0.3, -0.25) is 0 Å². The smallest absolute Gasteiger partial charge is 0.103 e. The van der Waals surface area contributed by atoms with Crippen LogP contribution in [0.4, 0.5) is 5.69 Å². The van der Waals surface area contributed by atoms with E-state index in [0.29, 0.717) is 18.7 Å². The Morgan fingerprint density at radius 3 is 2.88 bits per heavy atom. The fraction of sp³-hybridized carbons (Fsp3) is 0.417. The van der Waals surface area contributed by atoms with Crippen LogP contribution < -0.4 is 5.32 Å². The van der Waals surface area contributed by atoms with E-state index in [-0.39, 0.29) is 6.10 Å². The van der Waals surface area contributed by atoms with E-state index in [1.54, 1.807) is 0 Å². The van der Waals surface area contributed by atoms with E-state index >= 15 is 0 Å². The molecular weight excluding hydrogens is 268 g/mol. The second-order valence-electron chi connectivity index (χ2n) is 3.62. The van der Waals surface area contributed by atoms with Crippen molar-refractivity contribution in [2.75, 3.05) is 18.5 Å². The first-order chi connectivity index (χ1) is 7.65. The van der Waals surface area contributed by atoms with Gasteiger partial charge in [0.05, 0.1) is 24.0 Å². The molecule has 0 spiro atoms. The number of nitrogens with one attached hydrogen (secondary N) is 1. The zero-order valence-corrected chi connectivity index (χ0v) is 11.0. The number of nitrogens with zero attached hydrogens (tertiary/aromatic N) is 1. The third-order valence-corrected chi connectivity index (χ3v) is 2.65. The van der Waals surface area contributed by atoms with Gasteiger partial charge in [-0.25, -0.2) is 0 Å². The molecule has 0 aliphatic rings. The highest BCUT2D eigenvalue weighted by Crippen LogP contribution is 2.23. The molecule has 3 nitrogen and oxygen atoms in total. The van der Waals surface area contributed by atoms with Crippen molar-refractivity contribution in [3.8, 4) is 6.07 Å². The quantitative estimate of drug-likeness (QED) is 0.844. The summed E-state index contributed by atoms with van der Waals surface area (Å²) >= 11 is 3.35. The zero-order valence-electron chi connectivity index (χ0n) is 9.46. The van der Waals surface area contributed by atoms with Crippen LogP contribution in [-0.2, 0) is 4.74 Å². The topological polar surface area (TPSA) is 45.0 Å². The Morgan fingerprint density at radius 1 is 1.50 bits per heavy atom. The molecule has 0 heterocycles. The van der Waals surface area contributed by atoms with E-state index in [2.05, 4.69) is 27.3 Å². The Morgan fingerprint density at radius 2 is 2.25 bits per heavy atom. The van der Waals surface area contributed by atoms with E-state index in [4.69, 9.17) is 10.00 Å². The zero-order chi connectivity index (χ0) is 12.0. The Bertz CT molecular complexity index is 385. The molecule has 0 aliphatic heterocycles. The number of anilines is 1. The summed E-state index contributed by atoms with van der Waals surface area (Å²) in [4.78, 5) is 0.